The van der Waals surface area contributed by atoms with Crippen LogP contribution in [0.2, 0.25) is 0 Å². The third-order valence-electron chi connectivity index (χ3n) is 3.33. The Hall–Kier alpha value is -1.69. The van der Waals surface area contributed by atoms with Crippen LogP contribution in [0.15, 0.2) is 18.2 Å². The second-order valence-electron chi connectivity index (χ2n) is 4.59. The number of anilines is 1. The third kappa shape index (κ3) is 2.59. The van der Waals surface area contributed by atoms with Gasteiger partial charge in [0.1, 0.15) is 5.69 Å². The van der Waals surface area contributed by atoms with Crippen LogP contribution in [-0.4, -0.2) is 17.0 Å². The number of nitrogens with one attached hydrogen (secondary N) is 1. The molecule has 1 aromatic rings. The SMILES string of the molecule is NC1CCCCC1Nc1cccc(F)c1[N+](=O)[O-]. The topological polar surface area (TPSA) is 81.2 Å². The van der Waals surface area contributed by atoms with Crippen LogP contribution in [0.1, 0.15) is 25.7 Å². The Morgan fingerprint density at radius 1 is 1.39 bits per heavy atom. The van der Waals surface area contributed by atoms with Crippen molar-refractivity contribution < 1.29 is 9.31 Å². The van der Waals surface area contributed by atoms with E-state index in [2.05, 4.69) is 5.32 Å². The second kappa shape index (κ2) is 5.30. The molecule has 5 nitrogen and oxygen atoms in total. The van der Waals surface area contributed by atoms with Crippen molar-refractivity contribution in [3.63, 3.8) is 0 Å². The molecule has 6 heteroatoms. The molecule has 2 unspecified atom stereocenters. The predicted octanol–water partition coefficient (Wildman–Crippen LogP) is 2.42. The summed E-state index contributed by atoms with van der Waals surface area (Å²) in [4.78, 5) is 10.2. The van der Waals surface area contributed by atoms with Crippen LogP contribution in [0.4, 0.5) is 15.8 Å². The molecular formula is C12H16FN3O2. The molecule has 0 saturated heterocycles. The predicted molar refractivity (Wildman–Crippen MR) is 66.9 cm³/mol. The molecule has 2 atom stereocenters. The number of nitro benzene ring substituents is 1. The molecule has 3 N–H and O–H groups in total. The van der Waals surface area contributed by atoms with Gasteiger partial charge in [0.15, 0.2) is 0 Å². The van der Waals surface area contributed by atoms with Crippen molar-refractivity contribution in [2.24, 2.45) is 5.73 Å². The van der Waals surface area contributed by atoms with Gasteiger partial charge in [-0.15, -0.1) is 0 Å². The van der Waals surface area contributed by atoms with Crippen molar-refractivity contribution in [3.05, 3.63) is 34.1 Å². The number of nitrogens with two attached hydrogens (primary N) is 1. The molecule has 0 radical (unpaired) electrons. The van der Waals surface area contributed by atoms with Crippen LogP contribution in [0.5, 0.6) is 0 Å². The van der Waals surface area contributed by atoms with Gasteiger partial charge in [-0.2, -0.15) is 4.39 Å². The van der Waals surface area contributed by atoms with E-state index in [0.29, 0.717) is 0 Å². The third-order valence-corrected chi connectivity index (χ3v) is 3.33. The Morgan fingerprint density at radius 2 is 2.11 bits per heavy atom. The lowest BCUT2D eigenvalue weighted by molar-refractivity contribution is -0.386. The van der Waals surface area contributed by atoms with E-state index in [1.807, 2.05) is 0 Å². The summed E-state index contributed by atoms with van der Waals surface area (Å²) < 4.78 is 13.4. The molecule has 0 amide bonds. The van der Waals surface area contributed by atoms with Crippen molar-refractivity contribution in [1.29, 1.82) is 0 Å². The Balaban J connectivity index is 2.23. The average Bonchev–Trinajstić information content (AvgIpc) is 2.31. The molecule has 1 aliphatic rings. The normalized spacial score (nSPS) is 23.7. The van der Waals surface area contributed by atoms with Crippen LogP contribution in [0.25, 0.3) is 0 Å². The summed E-state index contributed by atoms with van der Waals surface area (Å²) in [5.41, 5.74) is 5.67. The van der Waals surface area contributed by atoms with E-state index in [4.69, 9.17) is 5.73 Å². The van der Waals surface area contributed by atoms with Crippen LogP contribution in [0, 0.1) is 15.9 Å². The summed E-state index contributed by atoms with van der Waals surface area (Å²) in [6.07, 6.45) is 3.86. The zero-order chi connectivity index (χ0) is 13.1. The Labute approximate surface area is 104 Å². The largest absolute Gasteiger partial charge is 0.375 e. The fraction of sp³-hybridized carbons (Fsp3) is 0.500. The quantitative estimate of drug-likeness (QED) is 0.640. The number of para-hydroxylation sites is 1. The number of hydrogen-bond acceptors (Lipinski definition) is 4. The van der Waals surface area contributed by atoms with Gasteiger partial charge < -0.3 is 11.1 Å². The zero-order valence-corrected chi connectivity index (χ0v) is 9.93. The highest BCUT2D eigenvalue weighted by molar-refractivity contribution is 5.62. The molecule has 0 aliphatic heterocycles. The molecule has 98 valence electrons. The molecule has 2 rings (SSSR count). The minimum atomic E-state index is -0.825. The highest BCUT2D eigenvalue weighted by atomic mass is 19.1. The molecule has 1 aliphatic carbocycles. The molecule has 0 aromatic heterocycles. The first kappa shape index (κ1) is 12.8. The standard InChI is InChI=1S/C12H16FN3O2/c13-8-4-3-7-11(12(8)16(17)18)15-10-6-2-1-5-9(10)14/h3-4,7,9-10,15H,1-2,5-6,14H2. The van der Waals surface area contributed by atoms with E-state index in [1.54, 1.807) is 0 Å². The van der Waals surface area contributed by atoms with E-state index in [1.165, 1.54) is 12.1 Å². The van der Waals surface area contributed by atoms with Crippen LogP contribution < -0.4 is 11.1 Å². The highest BCUT2D eigenvalue weighted by Crippen LogP contribution is 2.30. The van der Waals surface area contributed by atoms with Gasteiger partial charge in [-0.1, -0.05) is 18.9 Å². The van der Waals surface area contributed by atoms with E-state index in [9.17, 15) is 14.5 Å². The maximum atomic E-state index is 13.4. The van der Waals surface area contributed by atoms with Gasteiger partial charge in [-0.25, -0.2) is 0 Å². The molecule has 1 fully saturated rings. The van der Waals surface area contributed by atoms with Gasteiger partial charge >= 0.3 is 5.69 Å². The van der Waals surface area contributed by atoms with Crippen LogP contribution in [-0.2, 0) is 0 Å². The monoisotopic (exact) mass is 253 g/mol. The minimum Gasteiger partial charge on any atom is -0.375 e. The maximum Gasteiger partial charge on any atom is 0.327 e. The molecule has 0 heterocycles. The summed E-state index contributed by atoms with van der Waals surface area (Å²) in [5, 5.41) is 13.9. The Bertz CT molecular complexity index is 453. The molecular weight excluding hydrogens is 237 g/mol. The number of rotatable bonds is 3. The lowest BCUT2D eigenvalue weighted by Crippen LogP contribution is -2.42. The van der Waals surface area contributed by atoms with E-state index in [0.717, 1.165) is 31.7 Å². The highest BCUT2D eigenvalue weighted by Gasteiger charge is 2.26. The molecule has 1 saturated carbocycles. The fourth-order valence-corrected chi connectivity index (χ4v) is 2.36. The van der Waals surface area contributed by atoms with E-state index < -0.39 is 16.4 Å². The van der Waals surface area contributed by atoms with Gasteiger partial charge in [0.05, 0.1) is 4.92 Å². The van der Waals surface area contributed by atoms with Gasteiger partial charge in [-0.3, -0.25) is 10.1 Å². The van der Waals surface area contributed by atoms with Crippen molar-refractivity contribution in [2.45, 2.75) is 37.8 Å². The smallest absolute Gasteiger partial charge is 0.327 e. The van der Waals surface area contributed by atoms with Crippen molar-refractivity contribution >= 4 is 11.4 Å². The van der Waals surface area contributed by atoms with Gasteiger partial charge in [0.2, 0.25) is 5.82 Å². The lowest BCUT2D eigenvalue weighted by Gasteiger charge is -2.29. The molecule has 18 heavy (non-hydrogen) atoms. The first-order valence-corrected chi connectivity index (χ1v) is 6.04. The van der Waals surface area contributed by atoms with Crippen molar-refractivity contribution in [3.8, 4) is 0 Å². The molecule has 1 aromatic carbocycles. The minimum absolute atomic E-state index is 0.0285. The van der Waals surface area contributed by atoms with Gasteiger partial charge in [0, 0.05) is 12.1 Å². The van der Waals surface area contributed by atoms with Gasteiger partial charge in [-0.05, 0) is 25.0 Å². The summed E-state index contributed by atoms with van der Waals surface area (Å²) in [6.45, 7) is 0. The number of halogens is 1. The lowest BCUT2D eigenvalue weighted by atomic mass is 9.91. The van der Waals surface area contributed by atoms with Crippen molar-refractivity contribution in [1.82, 2.24) is 0 Å². The average molecular weight is 253 g/mol. The first-order valence-electron chi connectivity index (χ1n) is 6.04. The Morgan fingerprint density at radius 3 is 2.78 bits per heavy atom. The van der Waals surface area contributed by atoms with Gasteiger partial charge in [0.25, 0.3) is 0 Å². The maximum absolute atomic E-state index is 13.4. The number of benzene rings is 1. The summed E-state index contributed by atoms with van der Waals surface area (Å²) >= 11 is 0. The van der Waals surface area contributed by atoms with Crippen molar-refractivity contribution in [2.75, 3.05) is 5.32 Å². The number of nitrogens with zero attached hydrogens (tertiary/aromatic N) is 1. The first-order chi connectivity index (χ1) is 8.59. The molecule has 0 spiro atoms. The van der Waals surface area contributed by atoms with E-state index in [-0.39, 0.29) is 17.8 Å². The summed E-state index contributed by atoms with van der Waals surface area (Å²) in [7, 11) is 0. The van der Waals surface area contributed by atoms with E-state index >= 15 is 0 Å². The summed E-state index contributed by atoms with van der Waals surface area (Å²) in [5.74, 6) is -0.825. The van der Waals surface area contributed by atoms with Crippen LogP contribution in [0.3, 0.4) is 0 Å². The van der Waals surface area contributed by atoms with Crippen LogP contribution >= 0.6 is 0 Å². The molecule has 0 bridgehead atoms. The number of hydrogen-bond donors (Lipinski definition) is 2. The number of nitro groups is 1. The fourth-order valence-electron chi connectivity index (χ4n) is 2.36. The second-order valence-corrected chi connectivity index (χ2v) is 4.59. The Kier molecular flexibility index (Phi) is 3.76. The zero-order valence-electron chi connectivity index (χ0n) is 9.93. The summed E-state index contributed by atoms with van der Waals surface area (Å²) in [6, 6.07) is 3.99.